The van der Waals surface area contributed by atoms with Crippen LogP contribution < -0.4 is 4.90 Å². The van der Waals surface area contributed by atoms with Crippen molar-refractivity contribution in [1.29, 1.82) is 5.26 Å². The molecule has 1 aliphatic rings. The first-order valence-electron chi connectivity index (χ1n) is 13.3. The molecule has 196 valence electrons. The number of rotatable bonds is 9. The zero-order chi connectivity index (χ0) is 26.6. The molecule has 2 heterocycles. The van der Waals surface area contributed by atoms with Crippen LogP contribution in [0.3, 0.4) is 0 Å². The second-order valence-electron chi connectivity index (χ2n) is 11.4. The summed E-state index contributed by atoms with van der Waals surface area (Å²) in [4.78, 5) is 7.04. The van der Waals surface area contributed by atoms with Gasteiger partial charge in [0.1, 0.15) is 12.5 Å². The van der Waals surface area contributed by atoms with Crippen LogP contribution in [0.5, 0.6) is 0 Å². The van der Waals surface area contributed by atoms with Gasteiger partial charge in [-0.25, -0.2) is 9.37 Å². The van der Waals surface area contributed by atoms with Crippen LogP contribution in [0.2, 0.25) is 25.7 Å². The summed E-state index contributed by atoms with van der Waals surface area (Å²) in [7, 11) is -1.11. The van der Waals surface area contributed by atoms with Crippen LogP contribution in [0.15, 0.2) is 42.7 Å². The van der Waals surface area contributed by atoms with Crippen molar-refractivity contribution in [2.24, 2.45) is 0 Å². The van der Waals surface area contributed by atoms with Crippen LogP contribution in [-0.4, -0.2) is 37.3 Å². The van der Waals surface area contributed by atoms with Gasteiger partial charge in [0.15, 0.2) is 0 Å². The van der Waals surface area contributed by atoms with Crippen LogP contribution >= 0.6 is 0 Å². The van der Waals surface area contributed by atoms with E-state index in [1.54, 1.807) is 13.0 Å². The fourth-order valence-corrected chi connectivity index (χ4v) is 5.91. The number of nitrogens with zero attached hydrogens (tertiary/aromatic N) is 4. The fourth-order valence-electron chi connectivity index (χ4n) is 5.16. The van der Waals surface area contributed by atoms with E-state index in [4.69, 9.17) is 4.74 Å². The Bertz CT molecular complexity index is 1270. The summed E-state index contributed by atoms with van der Waals surface area (Å²) in [5, 5.41) is 9.26. The molecule has 7 heteroatoms. The SMILES string of the molecule is Cc1cc(-c2ccc(CC#N)cc2N2CCC(c3c(C)ncn3COCC[Si](C)(C)C)CC2)ccc1F. The zero-order valence-corrected chi connectivity index (χ0v) is 23.9. The van der Waals surface area contributed by atoms with E-state index in [0.717, 1.165) is 66.7 Å². The predicted octanol–water partition coefficient (Wildman–Crippen LogP) is 7.07. The van der Waals surface area contributed by atoms with Gasteiger partial charge in [-0.1, -0.05) is 37.8 Å². The van der Waals surface area contributed by atoms with E-state index >= 15 is 0 Å². The molecule has 2 aromatic carbocycles. The monoisotopic (exact) mass is 518 g/mol. The molecule has 1 aromatic heterocycles. The molecule has 1 saturated heterocycles. The van der Waals surface area contributed by atoms with Gasteiger partial charge in [0.25, 0.3) is 0 Å². The molecule has 0 bridgehead atoms. The van der Waals surface area contributed by atoms with Gasteiger partial charge in [-0.2, -0.15) is 5.26 Å². The van der Waals surface area contributed by atoms with Crippen molar-refractivity contribution in [3.8, 4) is 17.2 Å². The Labute approximate surface area is 221 Å². The lowest BCUT2D eigenvalue weighted by atomic mass is 9.90. The third-order valence-corrected chi connectivity index (χ3v) is 9.04. The van der Waals surface area contributed by atoms with Crippen LogP contribution in [0.4, 0.5) is 10.1 Å². The minimum absolute atomic E-state index is 0.191. The number of halogens is 1. The fraction of sp³-hybridized carbons (Fsp3) is 0.467. The van der Waals surface area contributed by atoms with Gasteiger partial charge in [-0.15, -0.1) is 0 Å². The van der Waals surface area contributed by atoms with Gasteiger partial charge < -0.3 is 14.2 Å². The number of hydrogen-bond donors (Lipinski definition) is 0. The molecular weight excluding hydrogens is 479 g/mol. The molecule has 37 heavy (non-hydrogen) atoms. The van der Waals surface area contributed by atoms with E-state index in [-0.39, 0.29) is 5.82 Å². The highest BCUT2D eigenvalue weighted by molar-refractivity contribution is 6.76. The zero-order valence-electron chi connectivity index (χ0n) is 22.9. The molecule has 0 aliphatic carbocycles. The number of aromatic nitrogens is 2. The van der Waals surface area contributed by atoms with E-state index in [1.165, 1.54) is 5.69 Å². The standard InChI is InChI=1S/C30H39FN4OSi/c1-22-18-26(7-9-28(22)31)27-8-6-24(10-13-32)19-29(27)34-14-11-25(12-15-34)30-23(2)33-20-35(30)21-36-16-17-37(3,4)5/h6-9,18-20,25H,10-12,14-17,21H2,1-5H3. The Hall–Kier alpha value is -2.95. The lowest BCUT2D eigenvalue weighted by Crippen LogP contribution is -2.34. The van der Waals surface area contributed by atoms with Crippen molar-refractivity contribution in [3.05, 3.63) is 71.1 Å². The number of benzene rings is 2. The second kappa shape index (κ2) is 11.6. The second-order valence-corrected chi connectivity index (χ2v) is 17.1. The topological polar surface area (TPSA) is 54.1 Å². The van der Waals surface area contributed by atoms with Crippen LogP contribution in [0.1, 0.15) is 41.3 Å². The Morgan fingerprint density at radius 1 is 1.11 bits per heavy atom. The van der Waals surface area contributed by atoms with Crippen LogP contribution in [-0.2, 0) is 17.9 Å². The van der Waals surface area contributed by atoms with Crippen molar-refractivity contribution >= 4 is 13.8 Å². The van der Waals surface area contributed by atoms with Crippen molar-refractivity contribution in [2.45, 2.75) is 71.4 Å². The molecule has 0 unspecified atom stereocenters. The highest BCUT2D eigenvalue weighted by atomic mass is 28.3. The van der Waals surface area contributed by atoms with Crippen LogP contribution in [0, 0.1) is 31.0 Å². The van der Waals surface area contributed by atoms with Gasteiger partial charge >= 0.3 is 0 Å². The Balaban J connectivity index is 1.51. The Morgan fingerprint density at radius 2 is 1.86 bits per heavy atom. The summed E-state index contributed by atoms with van der Waals surface area (Å²) in [5.41, 5.74) is 7.23. The summed E-state index contributed by atoms with van der Waals surface area (Å²) >= 11 is 0. The van der Waals surface area contributed by atoms with Gasteiger partial charge in [0, 0.05) is 50.6 Å². The maximum atomic E-state index is 14.0. The first-order valence-corrected chi connectivity index (χ1v) is 17.0. The van der Waals surface area contributed by atoms with E-state index in [1.807, 2.05) is 24.5 Å². The molecular formula is C30H39FN4OSi. The Kier molecular flexibility index (Phi) is 8.51. The molecule has 3 aromatic rings. The molecule has 5 nitrogen and oxygen atoms in total. The minimum atomic E-state index is -1.11. The summed E-state index contributed by atoms with van der Waals surface area (Å²) in [6.07, 6.45) is 4.34. The first-order chi connectivity index (χ1) is 17.7. The minimum Gasteiger partial charge on any atom is -0.371 e. The van der Waals surface area contributed by atoms with Gasteiger partial charge in [0.2, 0.25) is 0 Å². The number of aryl methyl sites for hydroxylation is 2. The van der Waals surface area contributed by atoms with E-state index in [2.05, 4.69) is 59.2 Å². The molecule has 0 atom stereocenters. The van der Waals surface area contributed by atoms with Gasteiger partial charge in [-0.05, 0) is 67.6 Å². The quantitative estimate of drug-likeness (QED) is 0.225. The van der Waals surface area contributed by atoms with E-state index in [0.29, 0.717) is 24.6 Å². The average Bonchev–Trinajstić information content (AvgIpc) is 3.23. The van der Waals surface area contributed by atoms with Crippen molar-refractivity contribution < 1.29 is 9.13 Å². The normalized spacial score (nSPS) is 14.7. The molecule has 0 radical (unpaired) electrons. The number of hydrogen-bond acceptors (Lipinski definition) is 4. The molecule has 1 aliphatic heterocycles. The van der Waals surface area contributed by atoms with Gasteiger partial charge in [-0.3, -0.25) is 0 Å². The highest BCUT2D eigenvalue weighted by Gasteiger charge is 2.27. The largest absolute Gasteiger partial charge is 0.371 e. The average molecular weight is 519 g/mol. The lowest BCUT2D eigenvalue weighted by Gasteiger charge is -2.35. The summed E-state index contributed by atoms with van der Waals surface area (Å²) < 4.78 is 22.2. The number of nitriles is 1. The molecule has 0 N–H and O–H groups in total. The highest BCUT2D eigenvalue weighted by Crippen LogP contribution is 2.37. The summed E-state index contributed by atoms with van der Waals surface area (Å²) in [6, 6.07) is 15.0. The third kappa shape index (κ3) is 6.68. The van der Waals surface area contributed by atoms with Crippen molar-refractivity contribution in [1.82, 2.24) is 9.55 Å². The number of piperidine rings is 1. The van der Waals surface area contributed by atoms with Crippen molar-refractivity contribution in [3.63, 3.8) is 0 Å². The lowest BCUT2D eigenvalue weighted by molar-refractivity contribution is 0.0841. The third-order valence-electron chi connectivity index (χ3n) is 7.33. The Morgan fingerprint density at radius 3 is 2.54 bits per heavy atom. The predicted molar refractivity (Wildman–Crippen MR) is 151 cm³/mol. The number of anilines is 1. The first kappa shape index (κ1) is 27.1. The number of imidazole rings is 1. The van der Waals surface area contributed by atoms with E-state index in [9.17, 15) is 9.65 Å². The summed E-state index contributed by atoms with van der Waals surface area (Å²) in [5.74, 6) is 0.238. The summed E-state index contributed by atoms with van der Waals surface area (Å²) in [6.45, 7) is 14.2. The molecule has 0 saturated carbocycles. The smallest absolute Gasteiger partial charge is 0.126 e. The van der Waals surface area contributed by atoms with E-state index < -0.39 is 8.07 Å². The molecule has 0 amide bonds. The van der Waals surface area contributed by atoms with Crippen molar-refractivity contribution in [2.75, 3.05) is 24.6 Å². The van der Waals surface area contributed by atoms with Gasteiger partial charge in [0.05, 0.1) is 24.5 Å². The maximum Gasteiger partial charge on any atom is 0.126 e. The molecule has 0 spiro atoms. The molecule has 1 fully saturated rings. The molecule has 4 rings (SSSR count). The maximum absolute atomic E-state index is 14.0. The number of ether oxygens (including phenoxy) is 1. The van der Waals surface area contributed by atoms with Crippen LogP contribution in [0.25, 0.3) is 11.1 Å².